The van der Waals surface area contributed by atoms with Crippen LogP contribution in [0, 0.1) is 6.92 Å². The second-order valence-corrected chi connectivity index (χ2v) is 2.77. The van der Waals surface area contributed by atoms with E-state index in [2.05, 4.69) is 10.3 Å². The zero-order chi connectivity index (χ0) is 9.84. The molecular weight excluding hydrogens is 166 g/mol. The second-order valence-electron chi connectivity index (χ2n) is 2.77. The third kappa shape index (κ3) is 2.43. The quantitative estimate of drug-likeness (QED) is 0.719. The molecule has 1 amide bonds. The predicted molar refractivity (Wildman–Crippen MR) is 52.3 cm³/mol. The Morgan fingerprint density at radius 1 is 1.62 bits per heavy atom. The molecule has 1 aromatic rings. The standard InChI is InChI=1S/C9H13N3O/c1-3-9(13)12-7-4-5-8(10)11-6(7)2/h4-5H,3H2,1-2H3,(H2,10,11)(H,12,13). The van der Waals surface area contributed by atoms with Crippen molar-refractivity contribution in [2.75, 3.05) is 11.1 Å². The maximum Gasteiger partial charge on any atom is 0.224 e. The van der Waals surface area contributed by atoms with Gasteiger partial charge in [-0.1, -0.05) is 6.92 Å². The highest BCUT2D eigenvalue weighted by molar-refractivity contribution is 5.91. The number of amides is 1. The normalized spacial score (nSPS) is 9.69. The van der Waals surface area contributed by atoms with E-state index >= 15 is 0 Å². The number of nitrogens with one attached hydrogen (secondary N) is 1. The van der Waals surface area contributed by atoms with E-state index in [9.17, 15) is 4.79 Å². The molecule has 0 fully saturated rings. The average molecular weight is 179 g/mol. The molecule has 0 bridgehead atoms. The van der Waals surface area contributed by atoms with E-state index in [4.69, 9.17) is 5.73 Å². The summed E-state index contributed by atoms with van der Waals surface area (Å²) >= 11 is 0. The Balaban J connectivity index is 2.83. The molecule has 0 saturated carbocycles. The van der Waals surface area contributed by atoms with Crippen LogP contribution in [0.1, 0.15) is 19.0 Å². The molecule has 0 unspecified atom stereocenters. The number of rotatable bonds is 2. The molecule has 0 aliphatic rings. The lowest BCUT2D eigenvalue weighted by atomic mass is 10.3. The number of anilines is 2. The number of carbonyl (C=O) groups is 1. The van der Waals surface area contributed by atoms with Gasteiger partial charge in [-0.25, -0.2) is 4.98 Å². The van der Waals surface area contributed by atoms with Crippen LogP contribution in [0.5, 0.6) is 0 Å². The van der Waals surface area contributed by atoms with Crippen molar-refractivity contribution in [3.8, 4) is 0 Å². The number of nitrogen functional groups attached to an aromatic ring is 1. The number of aryl methyl sites for hydroxylation is 1. The summed E-state index contributed by atoms with van der Waals surface area (Å²) in [5, 5.41) is 2.73. The fourth-order valence-electron chi connectivity index (χ4n) is 0.951. The van der Waals surface area contributed by atoms with Crippen LogP contribution in [-0.4, -0.2) is 10.9 Å². The minimum Gasteiger partial charge on any atom is -0.384 e. The van der Waals surface area contributed by atoms with E-state index in [1.807, 2.05) is 6.92 Å². The van der Waals surface area contributed by atoms with Gasteiger partial charge >= 0.3 is 0 Å². The molecule has 0 aliphatic heterocycles. The van der Waals surface area contributed by atoms with Crippen molar-refractivity contribution in [1.29, 1.82) is 0 Å². The van der Waals surface area contributed by atoms with Crippen LogP contribution < -0.4 is 11.1 Å². The molecule has 13 heavy (non-hydrogen) atoms. The SMILES string of the molecule is CCC(=O)Nc1ccc(N)nc1C. The Bertz CT molecular complexity index is 323. The number of hydrogen-bond acceptors (Lipinski definition) is 3. The third-order valence-electron chi connectivity index (χ3n) is 1.70. The summed E-state index contributed by atoms with van der Waals surface area (Å²) in [5.74, 6) is 0.446. The first-order valence-electron chi connectivity index (χ1n) is 4.16. The lowest BCUT2D eigenvalue weighted by Crippen LogP contribution is -2.11. The predicted octanol–water partition coefficient (Wildman–Crippen LogP) is 1.32. The van der Waals surface area contributed by atoms with Gasteiger partial charge in [-0.05, 0) is 19.1 Å². The van der Waals surface area contributed by atoms with Crippen LogP contribution in [0.2, 0.25) is 0 Å². The molecule has 1 rings (SSSR count). The molecule has 0 spiro atoms. The Hall–Kier alpha value is -1.58. The molecule has 0 aromatic carbocycles. The molecule has 70 valence electrons. The zero-order valence-corrected chi connectivity index (χ0v) is 7.79. The lowest BCUT2D eigenvalue weighted by molar-refractivity contribution is -0.115. The highest BCUT2D eigenvalue weighted by Gasteiger charge is 2.02. The highest BCUT2D eigenvalue weighted by atomic mass is 16.1. The number of aromatic nitrogens is 1. The molecule has 1 aromatic heterocycles. The van der Waals surface area contributed by atoms with Gasteiger partial charge in [-0.15, -0.1) is 0 Å². The van der Waals surface area contributed by atoms with E-state index in [0.29, 0.717) is 12.2 Å². The average Bonchev–Trinajstić information content (AvgIpc) is 2.09. The number of carbonyl (C=O) groups excluding carboxylic acids is 1. The summed E-state index contributed by atoms with van der Waals surface area (Å²) in [7, 11) is 0. The van der Waals surface area contributed by atoms with Gasteiger partial charge in [0.2, 0.25) is 5.91 Å². The number of hydrogen-bond donors (Lipinski definition) is 2. The van der Waals surface area contributed by atoms with E-state index < -0.39 is 0 Å². The Kier molecular flexibility index (Phi) is 2.84. The van der Waals surface area contributed by atoms with Gasteiger partial charge in [0.1, 0.15) is 5.82 Å². The number of nitrogens with zero attached hydrogens (tertiary/aromatic N) is 1. The van der Waals surface area contributed by atoms with Crippen molar-refractivity contribution in [1.82, 2.24) is 4.98 Å². The molecule has 4 nitrogen and oxygen atoms in total. The third-order valence-corrected chi connectivity index (χ3v) is 1.70. The van der Waals surface area contributed by atoms with Crippen LogP contribution in [-0.2, 0) is 4.79 Å². The van der Waals surface area contributed by atoms with Crippen LogP contribution in [0.25, 0.3) is 0 Å². The number of pyridine rings is 1. The molecule has 0 aliphatic carbocycles. The van der Waals surface area contributed by atoms with Crippen molar-refractivity contribution in [2.45, 2.75) is 20.3 Å². The van der Waals surface area contributed by atoms with Crippen molar-refractivity contribution in [3.63, 3.8) is 0 Å². The van der Waals surface area contributed by atoms with Crippen molar-refractivity contribution >= 4 is 17.4 Å². The molecule has 1 heterocycles. The fraction of sp³-hybridized carbons (Fsp3) is 0.333. The zero-order valence-electron chi connectivity index (χ0n) is 7.79. The second kappa shape index (κ2) is 3.89. The maximum absolute atomic E-state index is 11.0. The van der Waals surface area contributed by atoms with Gasteiger partial charge < -0.3 is 11.1 Å². The molecule has 0 saturated heterocycles. The van der Waals surface area contributed by atoms with Gasteiger partial charge in [-0.2, -0.15) is 0 Å². The van der Waals surface area contributed by atoms with Crippen LogP contribution in [0.15, 0.2) is 12.1 Å². The first-order valence-corrected chi connectivity index (χ1v) is 4.16. The van der Waals surface area contributed by atoms with Gasteiger partial charge in [0.25, 0.3) is 0 Å². The lowest BCUT2D eigenvalue weighted by Gasteiger charge is -2.06. The first-order chi connectivity index (χ1) is 6.13. The Morgan fingerprint density at radius 3 is 2.85 bits per heavy atom. The summed E-state index contributed by atoms with van der Waals surface area (Å²) in [6, 6.07) is 3.42. The largest absolute Gasteiger partial charge is 0.384 e. The molecule has 0 atom stereocenters. The summed E-state index contributed by atoms with van der Waals surface area (Å²) in [4.78, 5) is 15.1. The molecule has 0 radical (unpaired) electrons. The monoisotopic (exact) mass is 179 g/mol. The topological polar surface area (TPSA) is 68.0 Å². The van der Waals surface area contributed by atoms with E-state index in [1.54, 1.807) is 19.1 Å². The van der Waals surface area contributed by atoms with E-state index in [1.165, 1.54) is 0 Å². The minimum absolute atomic E-state index is 0.0188. The number of nitrogens with two attached hydrogens (primary N) is 1. The first kappa shape index (κ1) is 9.51. The van der Waals surface area contributed by atoms with Crippen molar-refractivity contribution in [3.05, 3.63) is 17.8 Å². The molecule has 4 heteroatoms. The summed E-state index contributed by atoms with van der Waals surface area (Å²) in [6.45, 7) is 3.61. The van der Waals surface area contributed by atoms with Gasteiger partial charge in [-0.3, -0.25) is 4.79 Å². The van der Waals surface area contributed by atoms with E-state index in [-0.39, 0.29) is 5.91 Å². The van der Waals surface area contributed by atoms with Crippen LogP contribution in [0.3, 0.4) is 0 Å². The Labute approximate surface area is 77.2 Å². The molecule has 3 N–H and O–H groups in total. The van der Waals surface area contributed by atoms with Gasteiger partial charge in [0.05, 0.1) is 11.4 Å². The van der Waals surface area contributed by atoms with Crippen molar-refractivity contribution in [2.24, 2.45) is 0 Å². The summed E-state index contributed by atoms with van der Waals surface area (Å²) in [5.41, 5.74) is 6.93. The highest BCUT2D eigenvalue weighted by Crippen LogP contribution is 2.13. The van der Waals surface area contributed by atoms with Crippen LogP contribution in [0.4, 0.5) is 11.5 Å². The van der Waals surface area contributed by atoms with Gasteiger partial charge in [0.15, 0.2) is 0 Å². The smallest absolute Gasteiger partial charge is 0.224 e. The van der Waals surface area contributed by atoms with Crippen LogP contribution >= 0.6 is 0 Å². The van der Waals surface area contributed by atoms with Gasteiger partial charge in [0, 0.05) is 6.42 Å². The van der Waals surface area contributed by atoms with E-state index in [0.717, 1.165) is 11.4 Å². The van der Waals surface area contributed by atoms with Crippen molar-refractivity contribution < 1.29 is 4.79 Å². The summed E-state index contributed by atoms with van der Waals surface area (Å²) in [6.07, 6.45) is 0.462. The Morgan fingerprint density at radius 2 is 2.31 bits per heavy atom. The maximum atomic E-state index is 11.0. The summed E-state index contributed by atoms with van der Waals surface area (Å²) < 4.78 is 0. The minimum atomic E-state index is -0.0188. The molecular formula is C9H13N3O. The fourth-order valence-corrected chi connectivity index (χ4v) is 0.951.